The van der Waals surface area contributed by atoms with Gasteiger partial charge in [0.25, 0.3) is 0 Å². The SMILES string of the molecule is CCCSc1c(Cl)cc(Cl)c(SCCC)c1Cl. The van der Waals surface area contributed by atoms with Crippen molar-refractivity contribution in [3.63, 3.8) is 0 Å². The van der Waals surface area contributed by atoms with Crippen LogP contribution < -0.4 is 0 Å². The highest BCUT2D eigenvalue weighted by Gasteiger charge is 2.15. The van der Waals surface area contributed by atoms with Crippen LogP contribution in [-0.2, 0) is 0 Å². The monoisotopic (exact) mass is 328 g/mol. The standard InChI is InChI=1S/C12H15Cl3S2/c1-3-5-16-11-8(13)7-9(14)12(10(11)15)17-6-4-2/h7H,3-6H2,1-2H3. The van der Waals surface area contributed by atoms with Gasteiger partial charge >= 0.3 is 0 Å². The van der Waals surface area contributed by atoms with Crippen LogP contribution in [0, 0.1) is 0 Å². The van der Waals surface area contributed by atoms with Crippen LogP contribution in [0.5, 0.6) is 0 Å². The minimum absolute atomic E-state index is 0.652. The normalized spacial score (nSPS) is 10.9. The maximum atomic E-state index is 6.38. The van der Waals surface area contributed by atoms with Crippen LogP contribution in [0.25, 0.3) is 0 Å². The van der Waals surface area contributed by atoms with Gasteiger partial charge in [0.1, 0.15) is 0 Å². The van der Waals surface area contributed by atoms with Gasteiger partial charge in [0, 0.05) is 9.79 Å². The first-order valence-electron chi connectivity index (χ1n) is 5.54. The first kappa shape index (κ1) is 15.8. The minimum Gasteiger partial charge on any atom is -0.123 e. The molecule has 1 aromatic rings. The zero-order valence-electron chi connectivity index (χ0n) is 9.86. The van der Waals surface area contributed by atoms with Crippen molar-refractivity contribution in [1.82, 2.24) is 0 Å². The summed E-state index contributed by atoms with van der Waals surface area (Å²) < 4.78 is 0. The van der Waals surface area contributed by atoms with Crippen molar-refractivity contribution < 1.29 is 0 Å². The van der Waals surface area contributed by atoms with Gasteiger partial charge in [0.2, 0.25) is 0 Å². The Labute approximate surface area is 127 Å². The molecule has 0 atom stereocenters. The van der Waals surface area contributed by atoms with E-state index in [9.17, 15) is 0 Å². The second kappa shape index (κ2) is 8.06. The molecule has 0 amide bonds. The first-order valence-corrected chi connectivity index (χ1v) is 8.65. The van der Waals surface area contributed by atoms with Crippen LogP contribution in [-0.4, -0.2) is 11.5 Å². The fourth-order valence-electron chi connectivity index (χ4n) is 1.23. The molecule has 96 valence electrons. The van der Waals surface area contributed by atoms with Crippen molar-refractivity contribution in [2.75, 3.05) is 11.5 Å². The van der Waals surface area contributed by atoms with Crippen molar-refractivity contribution in [3.05, 3.63) is 21.1 Å². The molecule has 0 heterocycles. The van der Waals surface area contributed by atoms with Crippen LogP contribution in [0.4, 0.5) is 0 Å². The van der Waals surface area contributed by atoms with Crippen LogP contribution in [0.1, 0.15) is 26.7 Å². The largest absolute Gasteiger partial charge is 0.123 e. The molecule has 0 bridgehead atoms. The quantitative estimate of drug-likeness (QED) is 0.536. The van der Waals surface area contributed by atoms with Crippen LogP contribution >= 0.6 is 58.3 Å². The van der Waals surface area contributed by atoms with Gasteiger partial charge in [-0.1, -0.05) is 48.7 Å². The lowest BCUT2D eigenvalue weighted by molar-refractivity contribution is 1.10. The molecule has 0 unspecified atom stereocenters. The fourth-order valence-corrected chi connectivity index (χ4v) is 4.38. The molecule has 0 radical (unpaired) electrons. The van der Waals surface area contributed by atoms with E-state index in [-0.39, 0.29) is 0 Å². The Kier molecular flexibility index (Phi) is 7.51. The molecule has 0 aliphatic heterocycles. The van der Waals surface area contributed by atoms with Crippen molar-refractivity contribution >= 4 is 58.3 Å². The van der Waals surface area contributed by atoms with Crippen molar-refractivity contribution in [2.45, 2.75) is 36.5 Å². The summed E-state index contributed by atoms with van der Waals surface area (Å²) in [7, 11) is 0. The average molecular weight is 330 g/mol. The van der Waals surface area contributed by atoms with Crippen molar-refractivity contribution in [3.8, 4) is 0 Å². The van der Waals surface area contributed by atoms with E-state index >= 15 is 0 Å². The average Bonchev–Trinajstić information content (AvgIpc) is 2.28. The van der Waals surface area contributed by atoms with Gasteiger partial charge in [0.15, 0.2) is 0 Å². The summed E-state index contributed by atoms with van der Waals surface area (Å²) >= 11 is 22.1. The predicted molar refractivity (Wildman–Crippen MR) is 83.5 cm³/mol. The molecule has 0 aliphatic carbocycles. The second-order valence-electron chi connectivity index (χ2n) is 3.51. The van der Waals surface area contributed by atoms with E-state index in [1.165, 1.54) is 0 Å². The van der Waals surface area contributed by atoms with Crippen molar-refractivity contribution in [2.24, 2.45) is 0 Å². The summed E-state index contributed by atoms with van der Waals surface area (Å²) in [4.78, 5) is 1.91. The number of benzene rings is 1. The molecule has 0 N–H and O–H groups in total. The summed E-state index contributed by atoms with van der Waals surface area (Å²) in [6.45, 7) is 4.27. The maximum Gasteiger partial charge on any atom is 0.0707 e. The van der Waals surface area contributed by atoms with Crippen LogP contribution in [0.2, 0.25) is 15.1 Å². The minimum atomic E-state index is 0.652. The molecule has 5 heteroatoms. The molecule has 0 fully saturated rings. The lowest BCUT2D eigenvalue weighted by Gasteiger charge is -2.12. The zero-order valence-corrected chi connectivity index (χ0v) is 13.8. The summed E-state index contributed by atoms with van der Waals surface area (Å²) in [5, 5.41) is 2.01. The highest BCUT2D eigenvalue weighted by molar-refractivity contribution is 8.00. The van der Waals surface area contributed by atoms with E-state index < -0.39 is 0 Å². The molecule has 0 saturated heterocycles. The molecule has 0 aromatic heterocycles. The lowest BCUT2D eigenvalue weighted by atomic mass is 10.3. The summed E-state index contributed by atoms with van der Waals surface area (Å²) in [5.74, 6) is 2.03. The predicted octanol–water partition coefficient (Wildman–Crippen LogP) is 6.65. The van der Waals surface area contributed by atoms with E-state index in [1.54, 1.807) is 29.6 Å². The molecule has 17 heavy (non-hydrogen) atoms. The van der Waals surface area contributed by atoms with Crippen molar-refractivity contribution in [1.29, 1.82) is 0 Å². The topological polar surface area (TPSA) is 0 Å². The summed E-state index contributed by atoms with van der Waals surface area (Å²) in [6.07, 6.45) is 2.19. The van der Waals surface area contributed by atoms with Gasteiger partial charge in [-0.25, -0.2) is 0 Å². The Hall–Kier alpha value is 0.790. The molecular formula is C12H15Cl3S2. The van der Waals surface area contributed by atoms with Gasteiger partial charge in [-0.2, -0.15) is 0 Å². The number of hydrogen-bond donors (Lipinski definition) is 0. The Bertz CT molecular complexity index is 348. The van der Waals surface area contributed by atoms with E-state index in [4.69, 9.17) is 34.8 Å². The third-order valence-corrected chi connectivity index (χ3v) is 6.06. The van der Waals surface area contributed by atoms with Gasteiger partial charge in [-0.3, -0.25) is 0 Å². The number of rotatable bonds is 6. The molecule has 0 nitrogen and oxygen atoms in total. The Balaban J connectivity index is 3.04. The van der Waals surface area contributed by atoms with Gasteiger partial charge in [-0.15, -0.1) is 23.5 Å². The molecule has 0 spiro atoms. The Morgan fingerprint density at radius 1 is 0.882 bits per heavy atom. The van der Waals surface area contributed by atoms with Gasteiger partial charge in [-0.05, 0) is 30.4 Å². The third-order valence-electron chi connectivity index (χ3n) is 1.99. The number of halogens is 3. The fraction of sp³-hybridized carbons (Fsp3) is 0.500. The van der Waals surface area contributed by atoms with E-state index in [2.05, 4.69) is 13.8 Å². The number of thioether (sulfide) groups is 2. The highest BCUT2D eigenvalue weighted by atomic mass is 35.5. The van der Waals surface area contributed by atoms with Crippen LogP contribution in [0.3, 0.4) is 0 Å². The maximum absolute atomic E-state index is 6.38. The molecule has 1 aromatic carbocycles. The van der Waals surface area contributed by atoms with Gasteiger partial charge in [0.05, 0.1) is 15.1 Å². The molecular weight excluding hydrogens is 315 g/mol. The second-order valence-corrected chi connectivity index (χ2v) is 6.91. The third kappa shape index (κ3) is 4.43. The Morgan fingerprint density at radius 2 is 1.29 bits per heavy atom. The van der Waals surface area contributed by atoms with E-state index in [0.717, 1.165) is 34.1 Å². The number of hydrogen-bond acceptors (Lipinski definition) is 2. The Morgan fingerprint density at radius 3 is 1.65 bits per heavy atom. The first-order chi connectivity index (χ1) is 8.11. The summed E-state index contributed by atoms with van der Waals surface area (Å²) in [6, 6.07) is 1.80. The van der Waals surface area contributed by atoms with E-state index in [0.29, 0.717) is 15.1 Å². The summed E-state index contributed by atoms with van der Waals surface area (Å²) in [5.41, 5.74) is 0. The van der Waals surface area contributed by atoms with Crippen LogP contribution in [0.15, 0.2) is 15.9 Å². The zero-order chi connectivity index (χ0) is 12.8. The smallest absolute Gasteiger partial charge is 0.0707 e. The molecule has 0 aliphatic rings. The highest BCUT2D eigenvalue weighted by Crippen LogP contribution is 2.44. The van der Waals surface area contributed by atoms with Gasteiger partial charge < -0.3 is 0 Å². The van der Waals surface area contributed by atoms with E-state index in [1.807, 2.05) is 0 Å². The lowest BCUT2D eigenvalue weighted by Crippen LogP contribution is -1.87. The molecule has 1 rings (SSSR count). The molecule has 0 saturated carbocycles.